The molecule has 2 aromatic carbocycles. The van der Waals surface area contributed by atoms with Gasteiger partial charge < -0.3 is 9.88 Å². The molecule has 1 atom stereocenters. The van der Waals surface area contributed by atoms with Crippen LogP contribution < -0.4 is 0 Å². The zero-order chi connectivity index (χ0) is 29.5. The van der Waals surface area contributed by atoms with Crippen LogP contribution >= 0.6 is 35.3 Å². The monoisotopic (exact) mass is 649 g/mol. The van der Waals surface area contributed by atoms with Gasteiger partial charge in [-0.1, -0.05) is 29.8 Å². The number of benzene rings is 2. The number of nitrogens with one attached hydrogen (secondary N) is 1. The standard InChI is InChI=1S/C28H22ClF6N3O2S.ClH/c29-25-6-5-24(41-25)23(39)15-37-7-8-38(20(14-37)11-17-13-36-22-4-2-1-3-21(17)22)26(40)16-9-18(27(30,31)32)12-19(10-16)28(33,34)35;/h1-6,9-10,12-13,20,36H,7-8,11,14-15H2;1H. The molecule has 1 fully saturated rings. The quantitative estimate of drug-likeness (QED) is 0.173. The molecule has 1 aliphatic heterocycles. The Morgan fingerprint density at radius 2 is 1.62 bits per heavy atom. The number of aromatic amines is 1. The van der Waals surface area contributed by atoms with Crippen molar-refractivity contribution >= 4 is 57.9 Å². The van der Waals surface area contributed by atoms with Crippen molar-refractivity contribution in [1.29, 1.82) is 0 Å². The Labute approximate surface area is 251 Å². The van der Waals surface area contributed by atoms with Gasteiger partial charge in [-0.25, -0.2) is 0 Å². The molecule has 5 nitrogen and oxygen atoms in total. The number of thiophene rings is 1. The molecule has 1 amide bonds. The minimum absolute atomic E-state index is 0. The third kappa shape index (κ3) is 6.94. The molecule has 2 aromatic heterocycles. The number of H-pyrrole nitrogens is 1. The van der Waals surface area contributed by atoms with E-state index in [1.807, 2.05) is 29.2 Å². The normalized spacial score (nSPS) is 16.5. The van der Waals surface area contributed by atoms with E-state index in [0.717, 1.165) is 27.8 Å². The molecular weight excluding hydrogens is 627 g/mol. The van der Waals surface area contributed by atoms with Gasteiger partial charge in [-0.05, 0) is 48.4 Å². The number of amides is 1. The summed E-state index contributed by atoms with van der Waals surface area (Å²) in [7, 11) is 0. The molecule has 1 saturated heterocycles. The van der Waals surface area contributed by atoms with Gasteiger partial charge in [-0.2, -0.15) is 26.3 Å². The lowest BCUT2D eigenvalue weighted by molar-refractivity contribution is -0.143. The Bertz CT molecular complexity index is 1570. The van der Waals surface area contributed by atoms with Gasteiger partial charge in [0.25, 0.3) is 5.91 Å². The number of alkyl halides is 6. The Kier molecular flexibility index (Phi) is 9.31. The lowest BCUT2D eigenvalue weighted by Crippen LogP contribution is -2.56. The largest absolute Gasteiger partial charge is 0.416 e. The summed E-state index contributed by atoms with van der Waals surface area (Å²) in [5.41, 5.74) is -2.15. The van der Waals surface area contributed by atoms with Crippen molar-refractivity contribution in [3.05, 3.63) is 92.3 Å². The maximum Gasteiger partial charge on any atom is 0.416 e. The van der Waals surface area contributed by atoms with Crippen molar-refractivity contribution < 1.29 is 35.9 Å². The number of hydrogen-bond acceptors (Lipinski definition) is 4. The summed E-state index contributed by atoms with van der Waals surface area (Å²) in [6.07, 6.45) is -8.14. The molecule has 1 N–H and O–H groups in total. The van der Waals surface area contributed by atoms with E-state index < -0.39 is 41.0 Å². The van der Waals surface area contributed by atoms with Crippen LogP contribution in [0.25, 0.3) is 10.9 Å². The molecule has 0 aliphatic carbocycles. The van der Waals surface area contributed by atoms with Crippen LogP contribution in [0.2, 0.25) is 4.34 Å². The number of halogens is 8. The van der Waals surface area contributed by atoms with Gasteiger partial charge in [0.2, 0.25) is 0 Å². The summed E-state index contributed by atoms with van der Waals surface area (Å²) in [6, 6.07) is 10.9. The highest BCUT2D eigenvalue weighted by molar-refractivity contribution is 7.18. The highest BCUT2D eigenvalue weighted by Gasteiger charge is 2.39. The SMILES string of the molecule is Cl.O=C(CN1CCN(C(=O)c2cc(C(F)(F)F)cc(C(F)(F)F)c2)C(Cc2c[nH]c3ccccc23)C1)c1ccc(Cl)s1. The zero-order valence-corrected chi connectivity index (χ0v) is 23.9. The number of hydrogen-bond donors (Lipinski definition) is 1. The molecule has 5 rings (SSSR count). The van der Waals surface area contributed by atoms with Crippen LogP contribution in [0.5, 0.6) is 0 Å². The van der Waals surface area contributed by atoms with E-state index in [4.69, 9.17) is 11.6 Å². The minimum Gasteiger partial charge on any atom is -0.361 e. The zero-order valence-electron chi connectivity index (χ0n) is 21.6. The molecule has 14 heteroatoms. The molecule has 0 saturated carbocycles. The van der Waals surface area contributed by atoms with Crippen LogP contribution in [-0.4, -0.2) is 58.7 Å². The molecule has 0 spiro atoms. The van der Waals surface area contributed by atoms with Gasteiger partial charge in [0, 0.05) is 48.3 Å². The Hall–Kier alpha value is -3.06. The number of nitrogens with zero attached hydrogens (tertiary/aromatic N) is 2. The number of ketones is 1. The Balaban J connectivity index is 0.00000405. The first-order valence-electron chi connectivity index (χ1n) is 12.5. The third-order valence-corrected chi connectivity index (χ3v) is 8.28. The van der Waals surface area contributed by atoms with Crippen molar-refractivity contribution in [3.63, 3.8) is 0 Å². The maximum atomic E-state index is 13.6. The Morgan fingerprint density at radius 1 is 0.952 bits per heavy atom. The highest BCUT2D eigenvalue weighted by Crippen LogP contribution is 2.37. The summed E-state index contributed by atoms with van der Waals surface area (Å²) in [6.45, 7) is 0.403. The number of piperazine rings is 1. The molecule has 0 radical (unpaired) electrons. The van der Waals surface area contributed by atoms with Gasteiger partial charge in [-0.15, -0.1) is 23.7 Å². The van der Waals surface area contributed by atoms with E-state index >= 15 is 0 Å². The van der Waals surface area contributed by atoms with Crippen LogP contribution in [0.15, 0.2) is 60.8 Å². The molecule has 3 heterocycles. The molecule has 0 bridgehead atoms. The van der Waals surface area contributed by atoms with Crippen molar-refractivity contribution in [2.24, 2.45) is 0 Å². The van der Waals surface area contributed by atoms with Crippen molar-refractivity contribution in [2.75, 3.05) is 26.2 Å². The predicted octanol–water partition coefficient (Wildman–Crippen LogP) is 7.59. The van der Waals surface area contributed by atoms with Crippen molar-refractivity contribution in [1.82, 2.24) is 14.8 Å². The first kappa shape index (κ1) is 31.9. The average molecular weight is 650 g/mol. The minimum atomic E-state index is -5.08. The number of carbonyl (C=O) groups excluding carboxylic acids is 2. The third-order valence-electron chi connectivity index (χ3n) is 7.01. The van der Waals surface area contributed by atoms with E-state index in [1.165, 1.54) is 4.90 Å². The van der Waals surface area contributed by atoms with E-state index in [-0.39, 0.29) is 56.9 Å². The fourth-order valence-electron chi connectivity index (χ4n) is 5.05. The van der Waals surface area contributed by atoms with Crippen LogP contribution in [0.1, 0.15) is 36.7 Å². The van der Waals surface area contributed by atoms with E-state index in [2.05, 4.69) is 4.98 Å². The molecule has 1 aliphatic rings. The molecule has 4 aromatic rings. The van der Waals surface area contributed by atoms with Crippen LogP contribution in [0.4, 0.5) is 26.3 Å². The molecular formula is C28H23Cl2F6N3O2S. The van der Waals surface area contributed by atoms with Gasteiger partial charge >= 0.3 is 12.4 Å². The van der Waals surface area contributed by atoms with E-state index in [9.17, 15) is 35.9 Å². The first-order chi connectivity index (χ1) is 19.3. The summed E-state index contributed by atoms with van der Waals surface area (Å²) < 4.78 is 81.4. The number of Topliss-reactive ketones (excluding diaryl/α,β-unsaturated/α-hetero) is 1. The second kappa shape index (κ2) is 12.3. The van der Waals surface area contributed by atoms with Crippen molar-refractivity contribution in [3.8, 4) is 0 Å². The molecule has 42 heavy (non-hydrogen) atoms. The summed E-state index contributed by atoms with van der Waals surface area (Å²) >= 11 is 7.09. The first-order valence-corrected chi connectivity index (χ1v) is 13.7. The lowest BCUT2D eigenvalue weighted by atomic mass is 9.98. The van der Waals surface area contributed by atoms with E-state index in [1.54, 1.807) is 18.3 Å². The number of rotatable bonds is 6. The van der Waals surface area contributed by atoms with Gasteiger partial charge in [0.15, 0.2) is 5.78 Å². The van der Waals surface area contributed by atoms with E-state index in [0.29, 0.717) is 21.3 Å². The number of fused-ring (bicyclic) bond motifs is 1. The highest BCUT2D eigenvalue weighted by atomic mass is 35.5. The van der Waals surface area contributed by atoms with Crippen LogP contribution in [-0.2, 0) is 18.8 Å². The van der Waals surface area contributed by atoms with Gasteiger partial charge in [-0.3, -0.25) is 14.5 Å². The van der Waals surface area contributed by atoms with Gasteiger partial charge in [0.1, 0.15) is 0 Å². The smallest absolute Gasteiger partial charge is 0.361 e. The lowest BCUT2D eigenvalue weighted by Gasteiger charge is -2.41. The van der Waals surface area contributed by atoms with Crippen LogP contribution in [0.3, 0.4) is 0 Å². The summed E-state index contributed by atoms with van der Waals surface area (Å²) in [5, 5.41) is 0.875. The fourth-order valence-corrected chi connectivity index (χ4v) is 6.02. The number of carbonyl (C=O) groups is 2. The summed E-state index contributed by atoms with van der Waals surface area (Å²) in [5.74, 6) is -1.12. The van der Waals surface area contributed by atoms with Crippen LogP contribution in [0, 0.1) is 0 Å². The fraction of sp³-hybridized carbons (Fsp3) is 0.286. The van der Waals surface area contributed by atoms with Crippen molar-refractivity contribution in [2.45, 2.75) is 24.8 Å². The average Bonchev–Trinajstić information content (AvgIpc) is 3.53. The topological polar surface area (TPSA) is 56.4 Å². The summed E-state index contributed by atoms with van der Waals surface area (Å²) in [4.78, 5) is 33.2. The number of aromatic nitrogens is 1. The Morgan fingerprint density at radius 3 is 2.24 bits per heavy atom. The van der Waals surface area contributed by atoms with Gasteiger partial charge in [0.05, 0.1) is 26.9 Å². The molecule has 1 unspecified atom stereocenters. The molecule has 224 valence electrons. The second-order valence-electron chi connectivity index (χ2n) is 9.77. The maximum absolute atomic E-state index is 13.6. The number of para-hydroxylation sites is 1. The second-order valence-corrected chi connectivity index (χ2v) is 11.5. The predicted molar refractivity (Wildman–Crippen MR) is 151 cm³/mol.